The fourth-order valence-corrected chi connectivity index (χ4v) is 4.93. The first-order valence-electron chi connectivity index (χ1n) is 12.0. The average molecular weight is 494 g/mol. The molecule has 1 heterocycles. The minimum atomic E-state index is -0.613. The number of nitrogens with one attached hydrogen (secondary N) is 1. The summed E-state index contributed by atoms with van der Waals surface area (Å²) in [5.41, 5.74) is 9.23. The van der Waals surface area contributed by atoms with Gasteiger partial charge in [-0.25, -0.2) is 4.79 Å². The predicted molar refractivity (Wildman–Crippen MR) is 136 cm³/mol. The lowest BCUT2D eigenvalue weighted by Crippen LogP contribution is -2.14. The quantitative estimate of drug-likeness (QED) is 0.375. The number of carbonyl (C=O) groups is 2. The standard InChI is InChI=1S/C27H28ClN3O4/c1-34-27(33)18-8-17(16-4-2-3-5-16)9-19(10-18)31-25-20-11-24(35-14-15-6-7-15)22(28)12-23(20)30-13-21(25)26(29)32/h8-13,15-16H,2-7,14H2,1H3,(H2,29,32)(H,30,31). The molecular weight excluding hydrogens is 466 g/mol. The van der Waals surface area contributed by atoms with Gasteiger partial charge in [-0.15, -0.1) is 0 Å². The molecule has 5 rings (SSSR count). The highest BCUT2D eigenvalue weighted by Gasteiger charge is 2.24. The molecule has 1 amide bonds. The number of fused-ring (bicyclic) bond motifs is 1. The normalized spacial score (nSPS) is 15.8. The minimum absolute atomic E-state index is 0.235. The fourth-order valence-electron chi connectivity index (χ4n) is 4.72. The smallest absolute Gasteiger partial charge is 0.337 e. The Morgan fingerprint density at radius 2 is 1.89 bits per heavy atom. The van der Waals surface area contributed by atoms with E-state index in [1.165, 1.54) is 26.1 Å². The van der Waals surface area contributed by atoms with Crippen LogP contribution in [-0.2, 0) is 4.74 Å². The molecule has 2 fully saturated rings. The lowest BCUT2D eigenvalue weighted by atomic mass is 9.95. The number of halogens is 1. The number of primary amides is 1. The van der Waals surface area contributed by atoms with Gasteiger partial charge >= 0.3 is 5.97 Å². The van der Waals surface area contributed by atoms with Crippen LogP contribution < -0.4 is 15.8 Å². The molecule has 2 saturated carbocycles. The number of hydrogen-bond donors (Lipinski definition) is 2. The molecule has 2 aromatic carbocycles. The second-order valence-corrected chi connectivity index (χ2v) is 9.81. The number of aromatic nitrogens is 1. The number of esters is 1. The van der Waals surface area contributed by atoms with Crippen molar-refractivity contribution in [3.8, 4) is 5.75 Å². The van der Waals surface area contributed by atoms with Crippen molar-refractivity contribution < 1.29 is 19.1 Å². The van der Waals surface area contributed by atoms with Crippen molar-refractivity contribution in [3.63, 3.8) is 0 Å². The summed E-state index contributed by atoms with van der Waals surface area (Å²) in [6.45, 7) is 0.600. The molecule has 1 aromatic heterocycles. The molecule has 7 nitrogen and oxygen atoms in total. The number of nitrogens with two attached hydrogens (primary N) is 1. The summed E-state index contributed by atoms with van der Waals surface area (Å²) >= 11 is 6.46. The predicted octanol–water partition coefficient (Wildman–Crippen LogP) is 5.96. The van der Waals surface area contributed by atoms with Crippen LogP contribution >= 0.6 is 11.6 Å². The van der Waals surface area contributed by atoms with Gasteiger partial charge in [0.1, 0.15) is 5.75 Å². The van der Waals surface area contributed by atoms with Crippen LogP contribution in [0, 0.1) is 5.92 Å². The maximum absolute atomic E-state index is 12.4. The van der Waals surface area contributed by atoms with Gasteiger partial charge in [-0.2, -0.15) is 0 Å². The Morgan fingerprint density at radius 1 is 1.11 bits per heavy atom. The van der Waals surface area contributed by atoms with Crippen molar-refractivity contribution in [2.45, 2.75) is 44.4 Å². The van der Waals surface area contributed by atoms with E-state index < -0.39 is 11.9 Å². The van der Waals surface area contributed by atoms with Crippen LogP contribution in [0.2, 0.25) is 5.02 Å². The van der Waals surface area contributed by atoms with Gasteiger partial charge in [-0.1, -0.05) is 24.4 Å². The third-order valence-corrected chi connectivity index (χ3v) is 7.13. The van der Waals surface area contributed by atoms with Crippen molar-refractivity contribution >= 4 is 45.8 Å². The van der Waals surface area contributed by atoms with Crippen molar-refractivity contribution in [2.75, 3.05) is 19.0 Å². The van der Waals surface area contributed by atoms with Gasteiger partial charge < -0.3 is 20.5 Å². The molecule has 0 aliphatic heterocycles. The third-order valence-electron chi connectivity index (χ3n) is 6.83. The summed E-state index contributed by atoms with van der Waals surface area (Å²) in [6.07, 6.45) is 8.25. The van der Waals surface area contributed by atoms with E-state index in [1.54, 1.807) is 18.2 Å². The fraction of sp³-hybridized carbons (Fsp3) is 0.370. The molecule has 3 N–H and O–H groups in total. The number of carbonyl (C=O) groups excluding carboxylic acids is 2. The molecule has 35 heavy (non-hydrogen) atoms. The van der Waals surface area contributed by atoms with Gasteiger partial charge in [-0.05, 0) is 73.4 Å². The van der Waals surface area contributed by atoms with Crippen LogP contribution in [0.1, 0.15) is 70.7 Å². The Kier molecular flexibility index (Phi) is 6.52. The van der Waals surface area contributed by atoms with Crippen molar-refractivity contribution in [1.82, 2.24) is 4.98 Å². The highest BCUT2D eigenvalue weighted by molar-refractivity contribution is 6.33. The first-order valence-corrected chi connectivity index (χ1v) is 12.4. The summed E-state index contributed by atoms with van der Waals surface area (Å²) in [5, 5.41) is 4.47. The van der Waals surface area contributed by atoms with E-state index in [0.29, 0.717) is 57.1 Å². The van der Waals surface area contributed by atoms with Gasteiger partial charge in [0, 0.05) is 17.3 Å². The number of benzene rings is 2. The summed E-state index contributed by atoms with van der Waals surface area (Å²) in [6, 6.07) is 9.17. The van der Waals surface area contributed by atoms with Crippen LogP contribution in [0.15, 0.2) is 36.5 Å². The van der Waals surface area contributed by atoms with E-state index >= 15 is 0 Å². The summed E-state index contributed by atoms with van der Waals surface area (Å²) < 4.78 is 11.0. The molecule has 3 aromatic rings. The number of amides is 1. The molecule has 182 valence electrons. The number of anilines is 2. The Morgan fingerprint density at radius 3 is 2.57 bits per heavy atom. The highest BCUT2D eigenvalue weighted by Crippen LogP contribution is 2.39. The average Bonchev–Trinajstić information content (AvgIpc) is 3.51. The summed E-state index contributed by atoms with van der Waals surface area (Å²) in [5.74, 6) is 0.450. The Bertz CT molecular complexity index is 1300. The molecule has 0 spiro atoms. The second kappa shape index (κ2) is 9.74. The molecule has 0 atom stereocenters. The zero-order valence-corrected chi connectivity index (χ0v) is 20.4. The third kappa shape index (κ3) is 5.05. The molecule has 2 aliphatic carbocycles. The number of rotatable bonds is 8. The lowest BCUT2D eigenvalue weighted by molar-refractivity contribution is 0.0600. The topological polar surface area (TPSA) is 104 Å². The van der Waals surface area contributed by atoms with Gasteiger partial charge in [0.05, 0.1) is 41.1 Å². The maximum Gasteiger partial charge on any atom is 0.337 e. The molecule has 0 radical (unpaired) electrons. The van der Waals surface area contributed by atoms with Gasteiger partial charge in [0.15, 0.2) is 0 Å². The van der Waals surface area contributed by atoms with Crippen molar-refractivity contribution in [2.24, 2.45) is 11.7 Å². The molecular formula is C27H28ClN3O4. The van der Waals surface area contributed by atoms with Crippen LogP contribution in [0.5, 0.6) is 5.75 Å². The minimum Gasteiger partial charge on any atom is -0.492 e. The zero-order valence-electron chi connectivity index (χ0n) is 19.6. The summed E-state index contributed by atoms with van der Waals surface area (Å²) in [4.78, 5) is 29.2. The first kappa shape index (κ1) is 23.4. The van der Waals surface area contributed by atoms with Crippen LogP contribution in [-0.4, -0.2) is 30.6 Å². The van der Waals surface area contributed by atoms with E-state index in [9.17, 15) is 9.59 Å². The van der Waals surface area contributed by atoms with E-state index in [4.69, 9.17) is 26.8 Å². The summed E-state index contributed by atoms with van der Waals surface area (Å²) in [7, 11) is 1.37. The number of pyridine rings is 1. The number of nitrogens with zero attached hydrogens (tertiary/aromatic N) is 1. The Labute approximate surface area is 209 Å². The largest absolute Gasteiger partial charge is 0.492 e. The van der Waals surface area contributed by atoms with Crippen LogP contribution in [0.4, 0.5) is 11.4 Å². The highest BCUT2D eigenvalue weighted by atomic mass is 35.5. The molecule has 2 aliphatic rings. The number of ether oxygens (including phenoxy) is 2. The van der Waals surface area contributed by atoms with Gasteiger partial charge in [-0.3, -0.25) is 9.78 Å². The van der Waals surface area contributed by atoms with E-state index in [-0.39, 0.29) is 5.56 Å². The zero-order chi connectivity index (χ0) is 24.5. The van der Waals surface area contributed by atoms with E-state index in [1.807, 2.05) is 12.1 Å². The monoisotopic (exact) mass is 493 g/mol. The number of hydrogen-bond acceptors (Lipinski definition) is 6. The van der Waals surface area contributed by atoms with Crippen LogP contribution in [0.3, 0.4) is 0 Å². The molecule has 8 heteroatoms. The molecule has 0 unspecified atom stereocenters. The number of methoxy groups -OCH3 is 1. The maximum atomic E-state index is 12.4. The molecule has 0 bridgehead atoms. The van der Waals surface area contributed by atoms with Crippen molar-refractivity contribution in [3.05, 3.63) is 58.2 Å². The van der Waals surface area contributed by atoms with Gasteiger partial charge in [0.25, 0.3) is 5.91 Å². The van der Waals surface area contributed by atoms with E-state index in [2.05, 4.69) is 10.3 Å². The molecule has 0 saturated heterocycles. The Hall–Kier alpha value is -3.32. The van der Waals surface area contributed by atoms with Crippen molar-refractivity contribution in [1.29, 1.82) is 0 Å². The second-order valence-electron chi connectivity index (χ2n) is 9.41. The van der Waals surface area contributed by atoms with Crippen LogP contribution in [0.25, 0.3) is 10.9 Å². The lowest BCUT2D eigenvalue weighted by Gasteiger charge is -2.18. The van der Waals surface area contributed by atoms with Gasteiger partial charge in [0.2, 0.25) is 0 Å². The first-order chi connectivity index (χ1) is 16.9. The van der Waals surface area contributed by atoms with E-state index in [0.717, 1.165) is 31.2 Å². The Balaban J connectivity index is 1.60. The SMILES string of the molecule is COC(=O)c1cc(Nc2c(C(N)=O)cnc3cc(Cl)c(OCC4CC4)cc23)cc(C2CCCC2)c1.